The number of fused-ring (bicyclic) bond motifs is 1. The Balaban J connectivity index is 1.53. The maximum Gasteiger partial charge on any atom is 0.0929 e. The molecule has 5 heteroatoms. The lowest BCUT2D eigenvalue weighted by Gasteiger charge is -2.35. The summed E-state index contributed by atoms with van der Waals surface area (Å²) in [6.07, 6.45) is 4.39. The van der Waals surface area contributed by atoms with Gasteiger partial charge in [0.25, 0.3) is 0 Å². The Morgan fingerprint density at radius 3 is 3.00 bits per heavy atom. The van der Waals surface area contributed by atoms with Crippen LogP contribution in [-0.2, 0) is 0 Å². The van der Waals surface area contributed by atoms with Gasteiger partial charge in [-0.3, -0.25) is 0 Å². The molecule has 3 unspecified atom stereocenters. The summed E-state index contributed by atoms with van der Waals surface area (Å²) in [5.41, 5.74) is 0.704. The predicted molar refractivity (Wildman–Crippen MR) is 87.0 cm³/mol. The van der Waals surface area contributed by atoms with E-state index in [2.05, 4.69) is 10.2 Å². The zero-order chi connectivity index (χ0) is 14.8. The number of nitrogens with zero attached hydrogens (tertiary/aromatic N) is 1. The van der Waals surface area contributed by atoms with Gasteiger partial charge in [-0.2, -0.15) is 0 Å². The molecule has 1 aromatic rings. The molecular formula is C16H22Cl2N2O. The van der Waals surface area contributed by atoms with Gasteiger partial charge < -0.3 is 15.3 Å². The second-order valence-corrected chi connectivity index (χ2v) is 6.99. The van der Waals surface area contributed by atoms with Crippen LogP contribution in [0.1, 0.15) is 37.4 Å². The van der Waals surface area contributed by atoms with Crippen molar-refractivity contribution in [3.63, 3.8) is 0 Å². The molecule has 3 nitrogen and oxygen atoms in total. The second-order valence-electron chi connectivity index (χ2n) is 6.14. The minimum absolute atomic E-state index is 0.497. The molecule has 0 radical (unpaired) electrons. The minimum Gasteiger partial charge on any atom is -0.387 e. The first-order chi connectivity index (χ1) is 10.1. The van der Waals surface area contributed by atoms with Crippen molar-refractivity contribution in [3.8, 4) is 0 Å². The van der Waals surface area contributed by atoms with Crippen molar-refractivity contribution in [2.24, 2.45) is 0 Å². The van der Waals surface area contributed by atoms with Crippen molar-refractivity contribution in [2.45, 2.75) is 43.9 Å². The van der Waals surface area contributed by atoms with E-state index in [9.17, 15) is 5.11 Å². The lowest BCUT2D eigenvalue weighted by molar-refractivity contribution is 0.138. The van der Waals surface area contributed by atoms with Gasteiger partial charge in [0.15, 0.2) is 0 Å². The summed E-state index contributed by atoms with van der Waals surface area (Å²) >= 11 is 12.1. The highest BCUT2D eigenvalue weighted by atomic mass is 35.5. The zero-order valence-corrected chi connectivity index (χ0v) is 13.6. The van der Waals surface area contributed by atoms with Gasteiger partial charge in [-0.05, 0) is 57.0 Å². The predicted octanol–water partition coefficient (Wildman–Crippen LogP) is 3.24. The van der Waals surface area contributed by atoms with Crippen LogP contribution in [-0.4, -0.2) is 41.7 Å². The van der Waals surface area contributed by atoms with Crippen molar-refractivity contribution in [2.75, 3.05) is 19.6 Å². The van der Waals surface area contributed by atoms with Crippen molar-refractivity contribution >= 4 is 23.2 Å². The highest BCUT2D eigenvalue weighted by Gasteiger charge is 2.31. The molecule has 3 rings (SSSR count). The second kappa shape index (κ2) is 6.84. The average molecular weight is 329 g/mol. The summed E-state index contributed by atoms with van der Waals surface area (Å²) in [7, 11) is 0. The van der Waals surface area contributed by atoms with Crippen LogP contribution in [0.15, 0.2) is 18.2 Å². The number of hydrogen-bond acceptors (Lipinski definition) is 3. The molecule has 0 aromatic heterocycles. The maximum absolute atomic E-state index is 10.3. The smallest absolute Gasteiger partial charge is 0.0929 e. The number of nitrogens with one attached hydrogen (secondary N) is 1. The fourth-order valence-corrected chi connectivity index (χ4v) is 3.99. The summed E-state index contributed by atoms with van der Waals surface area (Å²) in [6, 6.07) is 6.46. The van der Waals surface area contributed by atoms with E-state index in [1.54, 1.807) is 18.2 Å². The number of benzene rings is 1. The van der Waals surface area contributed by atoms with Gasteiger partial charge in [0.2, 0.25) is 0 Å². The Morgan fingerprint density at radius 1 is 1.29 bits per heavy atom. The van der Waals surface area contributed by atoms with Gasteiger partial charge in [0, 0.05) is 34.2 Å². The first-order valence-electron chi connectivity index (χ1n) is 7.74. The largest absolute Gasteiger partial charge is 0.387 e. The zero-order valence-electron chi connectivity index (χ0n) is 12.1. The van der Waals surface area contributed by atoms with E-state index < -0.39 is 6.10 Å². The Morgan fingerprint density at radius 2 is 2.14 bits per heavy atom. The van der Waals surface area contributed by atoms with Crippen LogP contribution in [0.4, 0.5) is 0 Å². The average Bonchev–Trinajstić information content (AvgIpc) is 2.94. The van der Waals surface area contributed by atoms with E-state index in [-0.39, 0.29) is 0 Å². The van der Waals surface area contributed by atoms with E-state index in [1.807, 2.05) is 0 Å². The van der Waals surface area contributed by atoms with E-state index in [0.29, 0.717) is 28.2 Å². The van der Waals surface area contributed by atoms with Gasteiger partial charge in [0.05, 0.1) is 6.10 Å². The third kappa shape index (κ3) is 3.72. The monoisotopic (exact) mass is 328 g/mol. The molecule has 1 aromatic carbocycles. The summed E-state index contributed by atoms with van der Waals surface area (Å²) in [5.74, 6) is 0. The highest BCUT2D eigenvalue weighted by Crippen LogP contribution is 2.28. The molecule has 2 N–H and O–H groups in total. The van der Waals surface area contributed by atoms with Crippen molar-refractivity contribution in [3.05, 3.63) is 33.8 Å². The highest BCUT2D eigenvalue weighted by molar-refractivity contribution is 6.33. The third-order valence-corrected chi connectivity index (χ3v) is 5.32. The van der Waals surface area contributed by atoms with Crippen molar-refractivity contribution < 1.29 is 5.11 Å². The molecule has 21 heavy (non-hydrogen) atoms. The number of halogens is 2. The number of piperidine rings is 1. The molecule has 3 atom stereocenters. The first kappa shape index (κ1) is 15.6. The molecule has 2 aliphatic rings. The Labute approximate surface area is 136 Å². The van der Waals surface area contributed by atoms with Crippen LogP contribution >= 0.6 is 23.2 Å². The Hall–Kier alpha value is -0.320. The van der Waals surface area contributed by atoms with Gasteiger partial charge >= 0.3 is 0 Å². The van der Waals surface area contributed by atoms with Crippen LogP contribution in [0.25, 0.3) is 0 Å². The molecule has 2 heterocycles. The molecule has 0 spiro atoms. The van der Waals surface area contributed by atoms with E-state index in [4.69, 9.17) is 23.2 Å². The van der Waals surface area contributed by atoms with Crippen LogP contribution in [0, 0.1) is 0 Å². The molecule has 0 aliphatic carbocycles. The standard InChI is InChI=1S/C16H22Cl2N2O/c17-11-3-4-15(18)14(8-11)16(21)10-19-12-5-7-20-6-1-2-13(20)9-12/h3-4,8,12-13,16,19,21H,1-2,5-7,9-10H2. The van der Waals surface area contributed by atoms with Crippen molar-refractivity contribution in [1.82, 2.24) is 10.2 Å². The number of aliphatic hydroxyl groups is 1. The molecule has 0 amide bonds. The molecule has 2 saturated heterocycles. The topological polar surface area (TPSA) is 35.5 Å². The van der Waals surface area contributed by atoms with Crippen LogP contribution in [0.2, 0.25) is 10.0 Å². The lowest BCUT2D eigenvalue weighted by atomic mass is 9.97. The Bertz CT molecular complexity index is 497. The molecule has 116 valence electrons. The van der Waals surface area contributed by atoms with E-state index in [1.165, 1.54) is 32.4 Å². The molecule has 0 bridgehead atoms. The molecule has 2 fully saturated rings. The van der Waals surface area contributed by atoms with Crippen molar-refractivity contribution in [1.29, 1.82) is 0 Å². The number of hydrogen-bond donors (Lipinski definition) is 2. The van der Waals surface area contributed by atoms with E-state index >= 15 is 0 Å². The Kier molecular flexibility index (Phi) is 5.07. The fourth-order valence-electron chi connectivity index (χ4n) is 3.57. The van der Waals surface area contributed by atoms with Crippen LogP contribution < -0.4 is 5.32 Å². The maximum atomic E-state index is 10.3. The van der Waals surface area contributed by atoms with Gasteiger partial charge in [-0.1, -0.05) is 23.2 Å². The van der Waals surface area contributed by atoms with Crippen LogP contribution in [0.5, 0.6) is 0 Å². The molecular weight excluding hydrogens is 307 g/mol. The van der Waals surface area contributed by atoms with Gasteiger partial charge in [0.1, 0.15) is 0 Å². The SMILES string of the molecule is OC(CNC1CCN2CCCC2C1)c1cc(Cl)ccc1Cl. The first-order valence-corrected chi connectivity index (χ1v) is 8.49. The normalized spacial score (nSPS) is 27.6. The summed E-state index contributed by atoms with van der Waals surface area (Å²) in [4.78, 5) is 2.60. The van der Waals surface area contributed by atoms with Gasteiger partial charge in [-0.25, -0.2) is 0 Å². The quantitative estimate of drug-likeness (QED) is 0.890. The summed E-state index contributed by atoms with van der Waals surface area (Å²) < 4.78 is 0. The number of rotatable bonds is 4. The van der Waals surface area contributed by atoms with Crippen LogP contribution in [0.3, 0.4) is 0 Å². The molecule has 2 aliphatic heterocycles. The summed E-state index contributed by atoms with van der Waals surface area (Å²) in [5, 5.41) is 15.0. The summed E-state index contributed by atoms with van der Waals surface area (Å²) in [6.45, 7) is 2.96. The minimum atomic E-state index is -0.613. The van der Waals surface area contributed by atoms with Gasteiger partial charge in [-0.15, -0.1) is 0 Å². The lowest BCUT2D eigenvalue weighted by Crippen LogP contribution is -2.46. The fraction of sp³-hybridized carbons (Fsp3) is 0.625. The molecule has 0 saturated carbocycles. The third-order valence-electron chi connectivity index (χ3n) is 4.74. The van der Waals surface area contributed by atoms with E-state index in [0.717, 1.165) is 12.5 Å². The number of aliphatic hydroxyl groups excluding tert-OH is 1.